The Morgan fingerprint density at radius 2 is 2.00 bits per heavy atom. The summed E-state index contributed by atoms with van der Waals surface area (Å²) in [7, 11) is 0. The zero-order chi connectivity index (χ0) is 14.0. The largest absolute Gasteiger partial charge is 0.467 e. The molecule has 102 valence electrons. The van der Waals surface area contributed by atoms with Gasteiger partial charge in [-0.25, -0.2) is 0 Å². The van der Waals surface area contributed by atoms with Crippen molar-refractivity contribution >= 4 is 11.4 Å². The summed E-state index contributed by atoms with van der Waals surface area (Å²) < 4.78 is 42.7. The Balaban J connectivity index is 2.18. The SMILES string of the molecule is CC(Nc1ccc(C(F)(F)F)cc1N)c1ccco1. The third-order valence-electron chi connectivity index (χ3n) is 2.72. The van der Waals surface area contributed by atoms with Gasteiger partial charge in [-0.1, -0.05) is 0 Å². The van der Waals surface area contributed by atoms with Crippen molar-refractivity contribution < 1.29 is 17.6 Å². The molecule has 0 aliphatic rings. The summed E-state index contributed by atoms with van der Waals surface area (Å²) in [6.45, 7) is 1.83. The molecule has 2 aromatic rings. The second kappa shape index (κ2) is 4.87. The molecule has 0 amide bonds. The Hall–Kier alpha value is -2.11. The summed E-state index contributed by atoms with van der Waals surface area (Å²) in [5, 5.41) is 3.01. The number of alkyl halides is 3. The summed E-state index contributed by atoms with van der Waals surface area (Å²) in [6.07, 6.45) is -2.86. The number of benzene rings is 1. The maximum absolute atomic E-state index is 12.5. The van der Waals surface area contributed by atoms with E-state index in [1.54, 1.807) is 12.1 Å². The van der Waals surface area contributed by atoms with Crippen LogP contribution in [0.2, 0.25) is 0 Å². The van der Waals surface area contributed by atoms with Crippen LogP contribution in [0.1, 0.15) is 24.3 Å². The van der Waals surface area contributed by atoms with Gasteiger partial charge >= 0.3 is 6.18 Å². The molecule has 1 heterocycles. The van der Waals surface area contributed by atoms with Crippen molar-refractivity contribution in [1.29, 1.82) is 0 Å². The van der Waals surface area contributed by atoms with Crippen LogP contribution in [0.4, 0.5) is 24.5 Å². The first-order chi connectivity index (χ1) is 8.88. The lowest BCUT2D eigenvalue weighted by Crippen LogP contribution is -2.10. The number of nitrogens with two attached hydrogens (primary N) is 1. The van der Waals surface area contributed by atoms with E-state index in [9.17, 15) is 13.2 Å². The van der Waals surface area contributed by atoms with Crippen molar-refractivity contribution in [3.63, 3.8) is 0 Å². The van der Waals surface area contributed by atoms with E-state index in [1.807, 2.05) is 6.92 Å². The molecular weight excluding hydrogens is 257 g/mol. The first-order valence-electron chi connectivity index (χ1n) is 5.64. The molecule has 0 saturated carbocycles. The van der Waals surface area contributed by atoms with Gasteiger partial charge in [-0.2, -0.15) is 13.2 Å². The number of halogens is 3. The van der Waals surface area contributed by atoms with E-state index in [2.05, 4.69) is 5.32 Å². The van der Waals surface area contributed by atoms with E-state index in [1.165, 1.54) is 12.3 Å². The summed E-state index contributed by atoms with van der Waals surface area (Å²) in [4.78, 5) is 0. The first kappa shape index (κ1) is 13.3. The minimum Gasteiger partial charge on any atom is -0.467 e. The molecule has 0 aliphatic carbocycles. The molecule has 0 aliphatic heterocycles. The lowest BCUT2D eigenvalue weighted by molar-refractivity contribution is -0.137. The van der Waals surface area contributed by atoms with E-state index in [-0.39, 0.29) is 11.7 Å². The van der Waals surface area contributed by atoms with Crippen LogP contribution in [0.25, 0.3) is 0 Å². The van der Waals surface area contributed by atoms with Crippen molar-refractivity contribution in [2.24, 2.45) is 0 Å². The molecule has 1 aromatic heterocycles. The lowest BCUT2D eigenvalue weighted by atomic mass is 10.1. The summed E-state index contributed by atoms with van der Waals surface area (Å²) in [6, 6.07) is 6.55. The fourth-order valence-electron chi connectivity index (χ4n) is 1.71. The second-order valence-corrected chi connectivity index (χ2v) is 4.18. The van der Waals surface area contributed by atoms with Gasteiger partial charge in [0.1, 0.15) is 5.76 Å². The maximum Gasteiger partial charge on any atom is 0.416 e. The highest BCUT2D eigenvalue weighted by atomic mass is 19.4. The first-order valence-corrected chi connectivity index (χ1v) is 5.64. The van der Waals surface area contributed by atoms with Gasteiger partial charge in [0.25, 0.3) is 0 Å². The van der Waals surface area contributed by atoms with Gasteiger partial charge in [0.2, 0.25) is 0 Å². The molecule has 1 atom stereocenters. The Morgan fingerprint density at radius 1 is 1.26 bits per heavy atom. The third kappa shape index (κ3) is 3.01. The van der Waals surface area contributed by atoms with Crippen molar-refractivity contribution in [3.05, 3.63) is 47.9 Å². The molecule has 1 aromatic carbocycles. The van der Waals surface area contributed by atoms with Gasteiger partial charge < -0.3 is 15.5 Å². The summed E-state index contributed by atoms with van der Waals surface area (Å²) >= 11 is 0. The van der Waals surface area contributed by atoms with Crippen molar-refractivity contribution in [2.45, 2.75) is 19.1 Å². The fourth-order valence-corrected chi connectivity index (χ4v) is 1.71. The molecule has 0 radical (unpaired) electrons. The minimum atomic E-state index is -4.39. The van der Waals surface area contributed by atoms with E-state index in [0.717, 1.165) is 12.1 Å². The molecular formula is C13H13F3N2O. The Bertz CT molecular complexity index is 550. The average molecular weight is 270 g/mol. The molecule has 3 N–H and O–H groups in total. The lowest BCUT2D eigenvalue weighted by Gasteiger charge is -2.16. The molecule has 2 rings (SSSR count). The zero-order valence-electron chi connectivity index (χ0n) is 10.2. The van der Waals surface area contributed by atoms with Crippen LogP contribution in [0.5, 0.6) is 0 Å². The smallest absolute Gasteiger partial charge is 0.416 e. The molecule has 1 unspecified atom stereocenters. The molecule has 6 heteroatoms. The molecule has 0 spiro atoms. The Kier molecular flexibility index (Phi) is 3.42. The van der Waals surface area contributed by atoms with Crippen LogP contribution in [0.15, 0.2) is 41.0 Å². The molecule has 19 heavy (non-hydrogen) atoms. The van der Waals surface area contributed by atoms with E-state index < -0.39 is 11.7 Å². The maximum atomic E-state index is 12.5. The Labute approximate surface area is 108 Å². The van der Waals surface area contributed by atoms with E-state index in [4.69, 9.17) is 10.2 Å². The predicted molar refractivity (Wildman–Crippen MR) is 66.6 cm³/mol. The monoisotopic (exact) mass is 270 g/mol. The number of furan rings is 1. The summed E-state index contributed by atoms with van der Waals surface area (Å²) in [5.41, 5.74) is 5.35. The molecule has 0 saturated heterocycles. The van der Waals surface area contributed by atoms with Crippen LogP contribution in [-0.4, -0.2) is 0 Å². The van der Waals surface area contributed by atoms with Gasteiger partial charge in [-0.15, -0.1) is 0 Å². The highest BCUT2D eigenvalue weighted by Crippen LogP contribution is 2.33. The Morgan fingerprint density at radius 3 is 2.53 bits per heavy atom. The number of nitrogen functional groups attached to an aromatic ring is 1. The molecule has 0 fully saturated rings. The van der Waals surface area contributed by atoms with Gasteiger partial charge in [0, 0.05) is 0 Å². The quantitative estimate of drug-likeness (QED) is 0.827. The second-order valence-electron chi connectivity index (χ2n) is 4.18. The third-order valence-corrected chi connectivity index (χ3v) is 2.72. The average Bonchev–Trinajstić information content (AvgIpc) is 2.84. The van der Waals surface area contributed by atoms with Crippen LogP contribution in [0, 0.1) is 0 Å². The standard InChI is InChI=1S/C13H13F3N2O/c1-8(12-3-2-6-19-12)18-11-5-4-9(7-10(11)17)13(14,15)16/h2-8,18H,17H2,1H3. The minimum absolute atomic E-state index is 0.0493. The number of nitrogens with one attached hydrogen (secondary N) is 1. The van der Waals surface area contributed by atoms with Crippen LogP contribution in [-0.2, 0) is 6.18 Å². The van der Waals surface area contributed by atoms with Crippen LogP contribution < -0.4 is 11.1 Å². The van der Waals surface area contributed by atoms with Gasteiger partial charge in [-0.05, 0) is 37.3 Å². The molecule has 3 nitrogen and oxygen atoms in total. The normalized spacial score (nSPS) is 13.3. The number of rotatable bonds is 3. The van der Waals surface area contributed by atoms with Gasteiger partial charge in [0.05, 0.1) is 29.2 Å². The fraction of sp³-hybridized carbons (Fsp3) is 0.231. The topological polar surface area (TPSA) is 51.2 Å². The van der Waals surface area contributed by atoms with Crippen molar-refractivity contribution in [3.8, 4) is 0 Å². The number of anilines is 2. The number of hydrogen-bond donors (Lipinski definition) is 2. The highest BCUT2D eigenvalue weighted by molar-refractivity contribution is 5.67. The van der Waals surface area contributed by atoms with Gasteiger partial charge in [0.15, 0.2) is 0 Å². The summed E-state index contributed by atoms with van der Waals surface area (Å²) in [5.74, 6) is 0.680. The van der Waals surface area contributed by atoms with Crippen LogP contribution >= 0.6 is 0 Å². The highest BCUT2D eigenvalue weighted by Gasteiger charge is 2.30. The van der Waals surface area contributed by atoms with Crippen molar-refractivity contribution in [2.75, 3.05) is 11.1 Å². The van der Waals surface area contributed by atoms with E-state index >= 15 is 0 Å². The number of hydrogen-bond acceptors (Lipinski definition) is 3. The van der Waals surface area contributed by atoms with Gasteiger partial charge in [-0.3, -0.25) is 0 Å². The zero-order valence-corrected chi connectivity index (χ0v) is 10.2. The van der Waals surface area contributed by atoms with Crippen LogP contribution in [0.3, 0.4) is 0 Å². The van der Waals surface area contributed by atoms with Crippen molar-refractivity contribution in [1.82, 2.24) is 0 Å². The predicted octanol–water partition coefficient (Wildman–Crippen LogP) is 4.05. The van der Waals surface area contributed by atoms with E-state index in [0.29, 0.717) is 11.4 Å². The molecule has 0 bridgehead atoms.